The van der Waals surface area contributed by atoms with Gasteiger partial charge in [-0.15, -0.1) is 0 Å². The number of carbonyl (C=O) groups is 2. The van der Waals surface area contributed by atoms with E-state index >= 15 is 0 Å². The van der Waals surface area contributed by atoms with Gasteiger partial charge in [-0.05, 0) is 45.2 Å². The van der Waals surface area contributed by atoms with Gasteiger partial charge in [-0.2, -0.15) is 4.31 Å². The molecule has 11 heteroatoms. The minimum Gasteiger partial charge on any atom is -0.452 e. The quantitative estimate of drug-likeness (QED) is 0.586. The number of ether oxygens (including phenoxy) is 2. The van der Waals surface area contributed by atoms with Crippen LogP contribution >= 0.6 is 23.2 Å². The molecule has 2 heterocycles. The van der Waals surface area contributed by atoms with Crippen LogP contribution in [0, 0.1) is 0 Å². The highest BCUT2D eigenvalue weighted by Gasteiger charge is 2.32. The van der Waals surface area contributed by atoms with Crippen LogP contribution in [0.25, 0.3) is 0 Å². The molecule has 8 nitrogen and oxygen atoms in total. The molecule has 3 rings (SSSR count). The Hall–Kier alpha value is -1.39. The molecule has 1 aromatic carbocycles. The Bertz CT molecular complexity index is 939. The fourth-order valence-corrected chi connectivity index (χ4v) is 6.23. The molecule has 2 aliphatic rings. The highest BCUT2D eigenvalue weighted by atomic mass is 35.5. The van der Waals surface area contributed by atoms with E-state index in [0.717, 1.165) is 25.3 Å². The van der Waals surface area contributed by atoms with E-state index in [0.29, 0.717) is 0 Å². The maximum Gasteiger partial charge on any atom is 0.340 e. The number of likely N-dealkylation sites (tertiary alicyclic amines) is 1. The van der Waals surface area contributed by atoms with Crippen LogP contribution in [0.15, 0.2) is 17.0 Å². The van der Waals surface area contributed by atoms with Crippen LogP contribution in [0.1, 0.15) is 43.5 Å². The molecule has 1 aromatic rings. The van der Waals surface area contributed by atoms with Crippen molar-refractivity contribution < 1.29 is 27.5 Å². The number of hydrogen-bond donors (Lipinski definition) is 0. The van der Waals surface area contributed by atoms with Crippen molar-refractivity contribution in [1.82, 2.24) is 9.21 Å². The van der Waals surface area contributed by atoms with Gasteiger partial charge in [0.25, 0.3) is 5.91 Å². The second-order valence-electron chi connectivity index (χ2n) is 7.79. The summed E-state index contributed by atoms with van der Waals surface area (Å²) in [5, 5.41) is -0.150. The highest BCUT2D eigenvalue weighted by Crippen LogP contribution is 2.31. The van der Waals surface area contributed by atoms with Crippen molar-refractivity contribution >= 4 is 45.1 Å². The maximum atomic E-state index is 13.0. The molecule has 0 aromatic heterocycles. The summed E-state index contributed by atoms with van der Waals surface area (Å²) in [6.07, 6.45) is 2.85. The first kappa shape index (κ1) is 24.3. The lowest BCUT2D eigenvalue weighted by Gasteiger charge is -2.38. The van der Waals surface area contributed by atoms with Crippen molar-refractivity contribution in [3.8, 4) is 0 Å². The van der Waals surface area contributed by atoms with E-state index < -0.39 is 22.6 Å². The van der Waals surface area contributed by atoms with E-state index in [1.54, 1.807) is 4.90 Å². The van der Waals surface area contributed by atoms with Gasteiger partial charge < -0.3 is 14.4 Å². The molecule has 0 radical (unpaired) electrons. The molecule has 0 saturated carbocycles. The Morgan fingerprint density at radius 1 is 1.10 bits per heavy atom. The first-order valence-corrected chi connectivity index (χ1v) is 12.4. The Balaban J connectivity index is 1.77. The lowest BCUT2D eigenvalue weighted by Crippen LogP contribution is -2.49. The molecule has 2 fully saturated rings. The average Bonchev–Trinajstić information content (AvgIpc) is 2.72. The molecule has 0 N–H and O–H groups in total. The number of nitrogens with zero attached hydrogens (tertiary/aromatic N) is 2. The predicted molar refractivity (Wildman–Crippen MR) is 116 cm³/mol. The summed E-state index contributed by atoms with van der Waals surface area (Å²) in [5.41, 5.74) is -0.162. The Labute approximate surface area is 192 Å². The topological polar surface area (TPSA) is 93.2 Å². The number of benzene rings is 1. The largest absolute Gasteiger partial charge is 0.452 e. The third kappa shape index (κ3) is 5.34. The molecule has 0 unspecified atom stereocenters. The summed E-state index contributed by atoms with van der Waals surface area (Å²) in [5.74, 6) is -1.18. The molecule has 0 bridgehead atoms. The summed E-state index contributed by atoms with van der Waals surface area (Å²) in [6, 6.07) is 2.44. The van der Waals surface area contributed by atoms with Gasteiger partial charge in [0.2, 0.25) is 10.0 Å². The van der Waals surface area contributed by atoms with Crippen LogP contribution in [0.2, 0.25) is 10.0 Å². The zero-order valence-corrected chi connectivity index (χ0v) is 19.8. The zero-order valence-electron chi connectivity index (χ0n) is 17.5. The van der Waals surface area contributed by atoms with Gasteiger partial charge in [0.1, 0.15) is 4.90 Å². The van der Waals surface area contributed by atoms with Crippen LogP contribution in [-0.4, -0.2) is 74.5 Å². The first-order chi connectivity index (χ1) is 14.6. The van der Waals surface area contributed by atoms with Crippen LogP contribution in [0.5, 0.6) is 0 Å². The number of sulfonamides is 1. The summed E-state index contributed by atoms with van der Waals surface area (Å²) >= 11 is 12.3. The van der Waals surface area contributed by atoms with Crippen molar-refractivity contribution in [1.29, 1.82) is 0 Å². The minimum absolute atomic E-state index is 0.0527. The molecule has 0 aliphatic carbocycles. The molecule has 172 valence electrons. The van der Waals surface area contributed by atoms with E-state index in [1.165, 1.54) is 10.4 Å². The first-order valence-electron chi connectivity index (χ1n) is 10.2. The summed E-state index contributed by atoms with van der Waals surface area (Å²) in [6.45, 7) is 4.40. The van der Waals surface area contributed by atoms with E-state index in [1.807, 2.05) is 13.8 Å². The van der Waals surface area contributed by atoms with Crippen LogP contribution in [-0.2, 0) is 24.3 Å². The van der Waals surface area contributed by atoms with Crippen LogP contribution in [0.4, 0.5) is 0 Å². The van der Waals surface area contributed by atoms with Crippen molar-refractivity contribution in [2.24, 2.45) is 0 Å². The third-order valence-electron chi connectivity index (χ3n) is 5.64. The number of esters is 1. The smallest absolute Gasteiger partial charge is 0.340 e. The Morgan fingerprint density at radius 3 is 2.32 bits per heavy atom. The molecule has 2 aliphatic heterocycles. The number of carbonyl (C=O) groups excluding carboxylic acids is 2. The van der Waals surface area contributed by atoms with E-state index in [4.69, 9.17) is 32.7 Å². The predicted octanol–water partition coefficient (Wildman–Crippen LogP) is 2.96. The van der Waals surface area contributed by atoms with Gasteiger partial charge in [-0.1, -0.05) is 23.2 Å². The summed E-state index contributed by atoms with van der Waals surface area (Å²) < 4.78 is 37.6. The van der Waals surface area contributed by atoms with Crippen molar-refractivity contribution in [2.75, 3.05) is 32.9 Å². The number of amides is 1. The molecule has 2 saturated heterocycles. The highest BCUT2D eigenvalue weighted by molar-refractivity contribution is 7.89. The van der Waals surface area contributed by atoms with Crippen LogP contribution < -0.4 is 0 Å². The van der Waals surface area contributed by atoms with E-state index in [-0.39, 0.29) is 64.8 Å². The number of rotatable bonds is 5. The fraction of sp³-hybridized carbons (Fsp3) is 0.600. The Morgan fingerprint density at radius 2 is 1.71 bits per heavy atom. The SMILES string of the molecule is C[C@@H]1CCC[C@@H](C)N1C(=O)COC(=O)c1cc(S(=O)(=O)N2CCOCC2)c(Cl)cc1Cl. The van der Waals surface area contributed by atoms with E-state index in [9.17, 15) is 18.0 Å². The lowest BCUT2D eigenvalue weighted by atomic mass is 9.97. The van der Waals surface area contributed by atoms with Crippen molar-refractivity contribution in [3.63, 3.8) is 0 Å². The second kappa shape index (κ2) is 10.0. The number of morpholine rings is 1. The number of halogens is 2. The van der Waals surface area contributed by atoms with Crippen molar-refractivity contribution in [3.05, 3.63) is 27.7 Å². The third-order valence-corrected chi connectivity index (χ3v) is 8.31. The van der Waals surface area contributed by atoms with Gasteiger partial charge in [0.05, 0.1) is 28.8 Å². The fourth-order valence-electron chi connectivity index (χ4n) is 4.00. The van der Waals surface area contributed by atoms with Gasteiger partial charge in [0.15, 0.2) is 6.61 Å². The Kier molecular flexibility index (Phi) is 7.86. The molecule has 2 atom stereocenters. The minimum atomic E-state index is -3.95. The normalized spacial score (nSPS) is 22.9. The van der Waals surface area contributed by atoms with Gasteiger partial charge in [0, 0.05) is 25.2 Å². The molecular formula is C20H26Cl2N2O6S. The molecule has 1 amide bonds. The van der Waals surface area contributed by atoms with Gasteiger partial charge in [-0.3, -0.25) is 4.79 Å². The number of piperidine rings is 1. The maximum absolute atomic E-state index is 13.0. The number of hydrogen-bond acceptors (Lipinski definition) is 6. The lowest BCUT2D eigenvalue weighted by molar-refractivity contribution is -0.140. The van der Waals surface area contributed by atoms with Gasteiger partial charge >= 0.3 is 5.97 Å². The van der Waals surface area contributed by atoms with Crippen molar-refractivity contribution in [2.45, 2.75) is 50.1 Å². The molecule has 31 heavy (non-hydrogen) atoms. The second-order valence-corrected chi connectivity index (χ2v) is 10.5. The standard InChI is InChI=1S/C20H26Cl2N2O6S/c1-13-4-3-5-14(2)24(13)19(25)12-30-20(26)15-10-18(17(22)11-16(15)21)31(27,28)23-6-8-29-9-7-23/h10-11,13-14H,3-9,12H2,1-2H3/t13-,14-/m1/s1. The summed E-state index contributed by atoms with van der Waals surface area (Å²) in [7, 11) is -3.95. The zero-order chi connectivity index (χ0) is 22.8. The summed E-state index contributed by atoms with van der Waals surface area (Å²) in [4.78, 5) is 26.7. The van der Waals surface area contributed by atoms with Crippen LogP contribution in [0.3, 0.4) is 0 Å². The molecular weight excluding hydrogens is 467 g/mol. The monoisotopic (exact) mass is 492 g/mol. The van der Waals surface area contributed by atoms with E-state index in [2.05, 4.69) is 0 Å². The van der Waals surface area contributed by atoms with Gasteiger partial charge in [-0.25, -0.2) is 13.2 Å². The average molecular weight is 493 g/mol. The molecule has 0 spiro atoms.